The van der Waals surface area contributed by atoms with Crippen molar-refractivity contribution in [3.63, 3.8) is 0 Å². The van der Waals surface area contributed by atoms with Gasteiger partial charge in [0, 0.05) is 22.6 Å². The summed E-state index contributed by atoms with van der Waals surface area (Å²) >= 11 is 0. The van der Waals surface area contributed by atoms with Gasteiger partial charge < -0.3 is 14.2 Å². The summed E-state index contributed by atoms with van der Waals surface area (Å²) in [4.78, 5) is 12.3. The van der Waals surface area contributed by atoms with Crippen LogP contribution in [0.4, 0.5) is 0 Å². The zero-order valence-electron chi connectivity index (χ0n) is 16.6. The lowest BCUT2D eigenvalue weighted by molar-refractivity contribution is -0.105. The Morgan fingerprint density at radius 1 is 0.862 bits per heavy atom. The third-order valence-electron chi connectivity index (χ3n) is 5.29. The van der Waals surface area contributed by atoms with E-state index in [1.54, 1.807) is 14.2 Å². The van der Waals surface area contributed by atoms with Crippen LogP contribution in [0.3, 0.4) is 0 Å². The number of aldehydes is 1. The van der Waals surface area contributed by atoms with Crippen molar-refractivity contribution in [1.29, 1.82) is 0 Å². The molecule has 146 valence electrons. The first-order chi connectivity index (χ1) is 14.2. The van der Waals surface area contributed by atoms with Gasteiger partial charge in [-0.2, -0.15) is 0 Å². The molecule has 1 unspecified atom stereocenters. The van der Waals surface area contributed by atoms with E-state index >= 15 is 0 Å². The van der Waals surface area contributed by atoms with Crippen LogP contribution < -0.4 is 14.2 Å². The molecule has 0 amide bonds. The molecule has 1 aliphatic rings. The molecular formula is C25H22O4. The van der Waals surface area contributed by atoms with Crippen LogP contribution in [0, 0.1) is 6.92 Å². The van der Waals surface area contributed by atoms with E-state index in [4.69, 9.17) is 14.2 Å². The third kappa shape index (κ3) is 3.27. The van der Waals surface area contributed by atoms with Gasteiger partial charge in [0.1, 0.15) is 11.5 Å². The molecule has 0 N–H and O–H groups in total. The molecule has 0 saturated carbocycles. The smallest absolute Gasteiger partial charge is 0.161 e. The monoisotopic (exact) mass is 386 g/mol. The van der Waals surface area contributed by atoms with E-state index in [2.05, 4.69) is 19.1 Å². The molecule has 1 aliphatic heterocycles. The van der Waals surface area contributed by atoms with E-state index in [9.17, 15) is 4.79 Å². The molecule has 1 atom stereocenters. The lowest BCUT2D eigenvalue weighted by atomic mass is 9.80. The second-order valence-electron chi connectivity index (χ2n) is 6.90. The minimum Gasteiger partial charge on any atom is -0.493 e. The van der Waals surface area contributed by atoms with Gasteiger partial charge in [-0.1, -0.05) is 42.5 Å². The number of rotatable bonds is 5. The van der Waals surface area contributed by atoms with Gasteiger partial charge >= 0.3 is 0 Å². The fourth-order valence-corrected chi connectivity index (χ4v) is 3.85. The molecule has 3 aromatic rings. The predicted molar refractivity (Wildman–Crippen MR) is 113 cm³/mol. The van der Waals surface area contributed by atoms with Crippen LogP contribution in [-0.4, -0.2) is 20.5 Å². The first-order valence-electron chi connectivity index (χ1n) is 9.42. The van der Waals surface area contributed by atoms with Crippen molar-refractivity contribution in [2.75, 3.05) is 14.2 Å². The van der Waals surface area contributed by atoms with E-state index in [0.717, 1.165) is 34.3 Å². The molecule has 29 heavy (non-hydrogen) atoms. The Morgan fingerprint density at radius 2 is 1.55 bits per heavy atom. The van der Waals surface area contributed by atoms with Gasteiger partial charge in [0.05, 0.1) is 14.2 Å². The Balaban J connectivity index is 1.96. The number of hydrogen-bond donors (Lipinski definition) is 0. The highest BCUT2D eigenvalue weighted by atomic mass is 16.5. The molecule has 0 radical (unpaired) electrons. The van der Waals surface area contributed by atoms with Gasteiger partial charge in [-0.05, 0) is 42.3 Å². The van der Waals surface area contributed by atoms with E-state index in [1.807, 2.05) is 54.6 Å². The fraction of sp³-hybridized carbons (Fsp3) is 0.160. The van der Waals surface area contributed by atoms with E-state index in [-0.39, 0.29) is 5.92 Å². The summed E-state index contributed by atoms with van der Waals surface area (Å²) in [5.41, 5.74) is 4.54. The van der Waals surface area contributed by atoms with Crippen molar-refractivity contribution in [2.45, 2.75) is 12.8 Å². The highest BCUT2D eigenvalue weighted by Crippen LogP contribution is 2.46. The summed E-state index contributed by atoms with van der Waals surface area (Å²) in [5, 5.41) is 0. The zero-order valence-corrected chi connectivity index (χ0v) is 16.6. The molecule has 0 aromatic heterocycles. The molecule has 4 nitrogen and oxygen atoms in total. The summed E-state index contributed by atoms with van der Waals surface area (Å²) in [7, 11) is 3.18. The first kappa shape index (κ1) is 18.8. The number of carbonyl (C=O) groups is 1. The summed E-state index contributed by atoms with van der Waals surface area (Å²) in [5.74, 6) is 2.28. The SMILES string of the molecule is COc1ccc(C2=C(C=O)C(c3ccccc3C)c3ccccc3O2)cc1OC. The topological polar surface area (TPSA) is 44.8 Å². The van der Waals surface area contributed by atoms with Gasteiger partial charge in [0.15, 0.2) is 17.8 Å². The quantitative estimate of drug-likeness (QED) is 0.569. The second kappa shape index (κ2) is 7.84. The number of methoxy groups -OCH3 is 2. The van der Waals surface area contributed by atoms with Crippen LogP contribution in [0.25, 0.3) is 5.76 Å². The number of para-hydroxylation sites is 1. The van der Waals surface area contributed by atoms with Gasteiger partial charge in [-0.25, -0.2) is 0 Å². The van der Waals surface area contributed by atoms with Crippen molar-refractivity contribution in [2.24, 2.45) is 0 Å². The van der Waals surface area contributed by atoms with Crippen LogP contribution in [0.5, 0.6) is 17.2 Å². The molecule has 4 heteroatoms. The highest BCUT2D eigenvalue weighted by Gasteiger charge is 2.32. The van der Waals surface area contributed by atoms with Crippen molar-refractivity contribution in [3.8, 4) is 17.2 Å². The molecule has 4 rings (SSSR count). The lowest BCUT2D eigenvalue weighted by Crippen LogP contribution is -2.18. The molecule has 1 heterocycles. The summed E-state index contributed by atoms with van der Waals surface area (Å²) in [6.07, 6.45) is 0.902. The Hall–Kier alpha value is -3.53. The van der Waals surface area contributed by atoms with Crippen LogP contribution in [0.2, 0.25) is 0 Å². The van der Waals surface area contributed by atoms with Gasteiger partial charge in [0.2, 0.25) is 0 Å². The molecule has 0 fully saturated rings. The number of carbonyl (C=O) groups excluding carboxylic acids is 1. The zero-order chi connectivity index (χ0) is 20.4. The molecule has 0 saturated heterocycles. The Morgan fingerprint density at radius 3 is 2.24 bits per heavy atom. The maximum absolute atomic E-state index is 12.3. The van der Waals surface area contributed by atoms with Crippen molar-refractivity contribution in [3.05, 3.63) is 94.6 Å². The van der Waals surface area contributed by atoms with Crippen molar-refractivity contribution >= 4 is 12.0 Å². The summed E-state index contributed by atoms with van der Waals surface area (Å²) < 4.78 is 17.0. The van der Waals surface area contributed by atoms with Gasteiger partial charge in [0.25, 0.3) is 0 Å². The molecule has 3 aromatic carbocycles. The van der Waals surface area contributed by atoms with Crippen molar-refractivity contribution in [1.82, 2.24) is 0 Å². The maximum atomic E-state index is 12.3. The molecular weight excluding hydrogens is 364 g/mol. The minimum absolute atomic E-state index is 0.207. The first-order valence-corrected chi connectivity index (χ1v) is 9.42. The number of ether oxygens (including phenoxy) is 3. The predicted octanol–water partition coefficient (Wildman–Crippen LogP) is 5.15. The molecule has 0 bridgehead atoms. The van der Waals surface area contributed by atoms with Gasteiger partial charge in [-0.15, -0.1) is 0 Å². The lowest BCUT2D eigenvalue weighted by Gasteiger charge is -2.30. The number of allylic oxidation sites excluding steroid dienone is 1. The number of hydrogen-bond acceptors (Lipinski definition) is 4. The van der Waals surface area contributed by atoms with E-state index < -0.39 is 0 Å². The molecule has 0 spiro atoms. The third-order valence-corrected chi connectivity index (χ3v) is 5.29. The number of aryl methyl sites for hydroxylation is 1. The fourth-order valence-electron chi connectivity index (χ4n) is 3.85. The standard InChI is InChI=1S/C25H22O4/c1-16-8-4-5-9-18(16)24-19-10-6-7-11-21(19)29-25(20(24)15-26)17-12-13-22(27-2)23(14-17)28-3/h4-15,24H,1-3H3. The van der Waals surface area contributed by atoms with Gasteiger partial charge in [-0.3, -0.25) is 4.79 Å². The average molecular weight is 386 g/mol. The minimum atomic E-state index is -0.207. The Bertz CT molecular complexity index is 1100. The normalized spacial score (nSPS) is 15.3. The van der Waals surface area contributed by atoms with Crippen LogP contribution >= 0.6 is 0 Å². The Kier molecular flexibility index (Phi) is 5.09. The largest absolute Gasteiger partial charge is 0.493 e. The maximum Gasteiger partial charge on any atom is 0.161 e. The summed E-state index contributed by atoms with van der Waals surface area (Å²) in [6.45, 7) is 2.06. The number of fused-ring (bicyclic) bond motifs is 1. The summed E-state index contributed by atoms with van der Waals surface area (Å²) in [6, 6.07) is 21.5. The molecule has 0 aliphatic carbocycles. The van der Waals surface area contributed by atoms with Crippen LogP contribution in [0.15, 0.2) is 72.3 Å². The highest BCUT2D eigenvalue weighted by molar-refractivity contribution is 5.92. The van der Waals surface area contributed by atoms with Crippen LogP contribution in [0.1, 0.15) is 28.2 Å². The number of benzene rings is 3. The average Bonchev–Trinajstić information content (AvgIpc) is 2.77. The van der Waals surface area contributed by atoms with E-state index in [0.29, 0.717) is 22.8 Å². The van der Waals surface area contributed by atoms with E-state index in [1.165, 1.54) is 0 Å². The Labute approximate surface area is 170 Å². The van der Waals surface area contributed by atoms with Crippen molar-refractivity contribution < 1.29 is 19.0 Å². The van der Waals surface area contributed by atoms with Crippen LogP contribution in [-0.2, 0) is 4.79 Å². The second-order valence-corrected chi connectivity index (χ2v) is 6.90.